The lowest BCUT2D eigenvalue weighted by Gasteiger charge is -2.31. The Morgan fingerprint density at radius 1 is 1.19 bits per heavy atom. The number of rotatable bonds is 3. The van der Waals surface area contributed by atoms with Gasteiger partial charge in [-0.1, -0.05) is 12.1 Å². The molecule has 2 aliphatic rings. The average Bonchev–Trinajstić information content (AvgIpc) is 3.14. The fourth-order valence-electron chi connectivity index (χ4n) is 3.63. The van der Waals surface area contributed by atoms with E-state index in [2.05, 4.69) is 18.2 Å². The molecule has 1 aliphatic heterocycles. The predicted molar refractivity (Wildman–Crippen MR) is 79.5 cm³/mol. The summed E-state index contributed by atoms with van der Waals surface area (Å²) in [6.45, 7) is 0.793. The van der Waals surface area contributed by atoms with Crippen molar-refractivity contribution in [2.45, 2.75) is 44.1 Å². The third kappa shape index (κ3) is 2.26. The molecule has 2 aromatic rings. The molecule has 1 unspecified atom stereocenters. The predicted octanol–water partition coefficient (Wildman–Crippen LogP) is 3.37. The molecular weight excluding hydrogens is 264 g/mol. The quantitative estimate of drug-likeness (QED) is 0.939. The maximum atomic E-state index is 11.0. The van der Waals surface area contributed by atoms with Gasteiger partial charge in [-0.2, -0.15) is 0 Å². The first kappa shape index (κ1) is 13.0. The smallest absolute Gasteiger partial charge is 0.122 e. The zero-order valence-corrected chi connectivity index (χ0v) is 12.1. The molecule has 2 heterocycles. The van der Waals surface area contributed by atoms with Crippen molar-refractivity contribution >= 4 is 0 Å². The Morgan fingerprint density at radius 3 is 3.10 bits per heavy atom. The monoisotopic (exact) mass is 284 g/mol. The van der Waals surface area contributed by atoms with Gasteiger partial charge in [-0.25, -0.2) is 0 Å². The molecular formula is C18H20O3. The number of hydrogen-bond donors (Lipinski definition) is 1. The lowest BCUT2D eigenvalue weighted by Crippen LogP contribution is -2.30. The van der Waals surface area contributed by atoms with Crippen LogP contribution in [0.25, 0.3) is 0 Å². The number of fused-ring (bicyclic) bond motifs is 2. The van der Waals surface area contributed by atoms with Gasteiger partial charge in [0.15, 0.2) is 0 Å². The van der Waals surface area contributed by atoms with Gasteiger partial charge in [-0.05, 0) is 48.9 Å². The normalized spacial score (nSPS) is 23.5. The first-order valence-electron chi connectivity index (χ1n) is 7.78. The second-order valence-corrected chi connectivity index (χ2v) is 6.18. The Hall–Kier alpha value is -1.74. The van der Waals surface area contributed by atoms with Crippen molar-refractivity contribution in [2.75, 3.05) is 6.61 Å². The van der Waals surface area contributed by atoms with Crippen LogP contribution in [0.1, 0.15) is 41.7 Å². The maximum Gasteiger partial charge on any atom is 0.122 e. The van der Waals surface area contributed by atoms with Crippen LogP contribution in [0.3, 0.4) is 0 Å². The van der Waals surface area contributed by atoms with E-state index in [0.717, 1.165) is 62.2 Å². The SMILES string of the molecule is OC1(CCc2ccc3c(c2)CCO3)CCCc2occc21. The molecule has 3 nitrogen and oxygen atoms in total. The van der Waals surface area contributed by atoms with Gasteiger partial charge in [0.2, 0.25) is 0 Å². The molecule has 0 radical (unpaired) electrons. The summed E-state index contributed by atoms with van der Waals surface area (Å²) in [6, 6.07) is 8.34. The number of aryl methyl sites for hydroxylation is 2. The Morgan fingerprint density at radius 2 is 2.14 bits per heavy atom. The minimum Gasteiger partial charge on any atom is -0.493 e. The van der Waals surface area contributed by atoms with Crippen molar-refractivity contribution in [2.24, 2.45) is 0 Å². The second kappa shape index (κ2) is 4.92. The highest BCUT2D eigenvalue weighted by molar-refractivity contribution is 5.40. The number of furan rings is 1. The summed E-state index contributed by atoms with van der Waals surface area (Å²) < 4.78 is 11.0. The summed E-state index contributed by atoms with van der Waals surface area (Å²) in [5.41, 5.74) is 2.85. The number of benzene rings is 1. The van der Waals surface area contributed by atoms with Crippen LogP contribution >= 0.6 is 0 Å². The fourth-order valence-corrected chi connectivity index (χ4v) is 3.63. The van der Waals surface area contributed by atoms with Crippen molar-refractivity contribution in [1.82, 2.24) is 0 Å². The molecule has 1 atom stereocenters. The highest BCUT2D eigenvalue weighted by atomic mass is 16.5. The third-order valence-corrected chi connectivity index (χ3v) is 4.82. The number of ether oxygens (including phenoxy) is 1. The minimum absolute atomic E-state index is 0.726. The summed E-state index contributed by atoms with van der Waals surface area (Å²) in [5.74, 6) is 1.98. The van der Waals surface area contributed by atoms with E-state index >= 15 is 0 Å². The highest BCUT2D eigenvalue weighted by Gasteiger charge is 2.35. The van der Waals surface area contributed by atoms with Crippen molar-refractivity contribution in [3.05, 3.63) is 53.0 Å². The molecule has 0 saturated carbocycles. The molecule has 0 amide bonds. The second-order valence-electron chi connectivity index (χ2n) is 6.18. The summed E-state index contributed by atoms with van der Waals surface area (Å²) in [6.07, 6.45) is 7.10. The zero-order valence-electron chi connectivity index (χ0n) is 12.1. The lowest BCUT2D eigenvalue weighted by molar-refractivity contribution is 0.00824. The van der Waals surface area contributed by atoms with Crippen LogP contribution in [-0.2, 0) is 24.9 Å². The van der Waals surface area contributed by atoms with E-state index < -0.39 is 5.60 Å². The van der Waals surface area contributed by atoms with Crippen LogP contribution in [-0.4, -0.2) is 11.7 Å². The molecule has 0 spiro atoms. The fraction of sp³-hybridized carbons (Fsp3) is 0.444. The van der Waals surface area contributed by atoms with E-state index in [4.69, 9.17) is 9.15 Å². The van der Waals surface area contributed by atoms with Crippen molar-refractivity contribution < 1.29 is 14.3 Å². The third-order valence-electron chi connectivity index (χ3n) is 4.82. The van der Waals surface area contributed by atoms with Gasteiger partial charge in [-0.3, -0.25) is 0 Å². The van der Waals surface area contributed by atoms with Crippen molar-refractivity contribution in [1.29, 1.82) is 0 Å². The average molecular weight is 284 g/mol. The summed E-state index contributed by atoms with van der Waals surface area (Å²) in [7, 11) is 0. The van der Waals surface area contributed by atoms with Crippen LogP contribution in [0, 0.1) is 0 Å². The molecule has 4 rings (SSSR count). The zero-order chi connectivity index (χ0) is 14.3. The van der Waals surface area contributed by atoms with E-state index in [-0.39, 0.29) is 0 Å². The Labute approximate surface area is 124 Å². The standard InChI is InChI=1S/C18H20O3/c19-18(8-1-2-17-15(18)7-11-21-17)9-5-13-3-4-16-14(12-13)6-10-20-16/h3-4,7,11-12,19H,1-2,5-6,8-10H2. The van der Waals surface area contributed by atoms with Crippen LogP contribution < -0.4 is 4.74 Å². The summed E-state index contributed by atoms with van der Waals surface area (Å²) in [5, 5.41) is 11.0. The number of aliphatic hydroxyl groups is 1. The Kier molecular flexibility index (Phi) is 3.03. The molecule has 110 valence electrons. The lowest BCUT2D eigenvalue weighted by atomic mass is 9.79. The van der Waals surface area contributed by atoms with E-state index in [1.165, 1.54) is 11.1 Å². The Bertz CT molecular complexity index is 658. The van der Waals surface area contributed by atoms with E-state index in [0.29, 0.717) is 0 Å². The van der Waals surface area contributed by atoms with Gasteiger partial charge < -0.3 is 14.3 Å². The summed E-state index contributed by atoms with van der Waals surface area (Å²) >= 11 is 0. The molecule has 1 aliphatic carbocycles. The topological polar surface area (TPSA) is 42.6 Å². The minimum atomic E-state index is -0.726. The van der Waals surface area contributed by atoms with Crippen molar-refractivity contribution in [3.8, 4) is 5.75 Å². The highest BCUT2D eigenvalue weighted by Crippen LogP contribution is 2.39. The van der Waals surface area contributed by atoms with Gasteiger partial charge in [-0.15, -0.1) is 0 Å². The molecule has 0 bridgehead atoms. The van der Waals surface area contributed by atoms with Crippen LogP contribution in [0.2, 0.25) is 0 Å². The maximum absolute atomic E-state index is 11.0. The number of hydrogen-bond acceptors (Lipinski definition) is 3. The van der Waals surface area contributed by atoms with E-state index in [1.807, 2.05) is 6.07 Å². The first-order valence-corrected chi connectivity index (χ1v) is 7.78. The van der Waals surface area contributed by atoms with Gasteiger partial charge in [0, 0.05) is 18.4 Å². The molecule has 3 heteroatoms. The van der Waals surface area contributed by atoms with Gasteiger partial charge in [0.05, 0.1) is 18.5 Å². The molecule has 1 N–H and O–H groups in total. The largest absolute Gasteiger partial charge is 0.493 e. The van der Waals surface area contributed by atoms with Gasteiger partial charge >= 0.3 is 0 Å². The van der Waals surface area contributed by atoms with Crippen LogP contribution in [0.5, 0.6) is 5.75 Å². The summed E-state index contributed by atoms with van der Waals surface area (Å²) in [4.78, 5) is 0. The molecule has 1 aromatic carbocycles. The molecule has 21 heavy (non-hydrogen) atoms. The van der Waals surface area contributed by atoms with Gasteiger partial charge in [0.1, 0.15) is 11.5 Å². The van der Waals surface area contributed by atoms with Gasteiger partial charge in [0.25, 0.3) is 0 Å². The first-order chi connectivity index (χ1) is 10.2. The van der Waals surface area contributed by atoms with E-state index in [1.54, 1.807) is 6.26 Å². The molecule has 0 fully saturated rings. The van der Waals surface area contributed by atoms with Crippen LogP contribution in [0.4, 0.5) is 0 Å². The van der Waals surface area contributed by atoms with Crippen LogP contribution in [0.15, 0.2) is 34.9 Å². The molecule has 1 aromatic heterocycles. The Balaban J connectivity index is 1.52. The molecule has 0 saturated heterocycles. The van der Waals surface area contributed by atoms with E-state index in [9.17, 15) is 5.11 Å². The van der Waals surface area contributed by atoms with Crippen molar-refractivity contribution in [3.63, 3.8) is 0 Å².